The Hall–Kier alpha value is -1.77. The minimum atomic E-state index is -3.93. The summed E-state index contributed by atoms with van der Waals surface area (Å²) in [6, 6.07) is 6.19. The lowest BCUT2D eigenvalue weighted by Crippen LogP contribution is -2.41. The summed E-state index contributed by atoms with van der Waals surface area (Å²) < 4.78 is 37.0. The number of carbonyl (C=O) groups is 1. The van der Waals surface area contributed by atoms with E-state index in [0.29, 0.717) is 10.8 Å². The second kappa shape index (κ2) is 6.62. The van der Waals surface area contributed by atoms with Crippen LogP contribution < -0.4 is 10.3 Å². The molecule has 1 aliphatic carbocycles. The zero-order chi connectivity index (χ0) is 17.3. The molecule has 0 fully saturated rings. The second-order valence-corrected chi connectivity index (χ2v) is 8.74. The smallest absolute Gasteiger partial charge is 0.273 e. The van der Waals surface area contributed by atoms with Gasteiger partial charge in [-0.3, -0.25) is 10.2 Å². The van der Waals surface area contributed by atoms with Crippen LogP contribution in [0.5, 0.6) is 0 Å². The SMILES string of the molecule is C[C@@H]1CCc2sc(C(=O)NNS(=O)(=O)c3ccc(F)cc3)cc2C1. The molecule has 0 radical (unpaired) electrons. The summed E-state index contributed by atoms with van der Waals surface area (Å²) in [6.45, 7) is 2.18. The zero-order valence-electron chi connectivity index (χ0n) is 13.0. The van der Waals surface area contributed by atoms with Gasteiger partial charge in [0.15, 0.2) is 0 Å². The van der Waals surface area contributed by atoms with E-state index in [0.717, 1.165) is 43.5 Å². The summed E-state index contributed by atoms with van der Waals surface area (Å²) in [5.74, 6) is -0.427. The molecule has 0 bridgehead atoms. The Morgan fingerprint density at radius 1 is 1.29 bits per heavy atom. The van der Waals surface area contributed by atoms with Gasteiger partial charge in [-0.05, 0) is 61.1 Å². The van der Waals surface area contributed by atoms with Crippen LogP contribution in [0.25, 0.3) is 0 Å². The number of amides is 1. The van der Waals surface area contributed by atoms with Crippen molar-refractivity contribution in [3.05, 3.63) is 51.5 Å². The molecule has 0 aliphatic heterocycles. The fourth-order valence-electron chi connectivity index (χ4n) is 2.67. The van der Waals surface area contributed by atoms with E-state index >= 15 is 0 Å². The van der Waals surface area contributed by atoms with Crippen molar-refractivity contribution in [2.24, 2.45) is 5.92 Å². The Morgan fingerprint density at radius 2 is 2.00 bits per heavy atom. The number of rotatable bonds is 4. The summed E-state index contributed by atoms with van der Waals surface area (Å²) in [6.07, 6.45) is 3.00. The van der Waals surface area contributed by atoms with Crippen LogP contribution in [0.15, 0.2) is 35.2 Å². The van der Waals surface area contributed by atoms with Gasteiger partial charge in [0.1, 0.15) is 5.82 Å². The molecule has 5 nitrogen and oxygen atoms in total. The molecule has 8 heteroatoms. The normalized spacial score (nSPS) is 17.3. The number of halogens is 1. The van der Waals surface area contributed by atoms with Crippen LogP contribution in [-0.4, -0.2) is 14.3 Å². The monoisotopic (exact) mass is 368 g/mol. The van der Waals surface area contributed by atoms with Gasteiger partial charge in [-0.15, -0.1) is 16.2 Å². The summed E-state index contributed by atoms with van der Waals surface area (Å²) in [5.41, 5.74) is 3.38. The molecule has 24 heavy (non-hydrogen) atoms. The zero-order valence-corrected chi connectivity index (χ0v) is 14.6. The highest BCUT2D eigenvalue weighted by Crippen LogP contribution is 2.32. The maximum atomic E-state index is 12.9. The molecule has 0 unspecified atom stereocenters. The molecule has 128 valence electrons. The number of sulfonamides is 1. The Bertz CT molecular complexity index is 860. The van der Waals surface area contributed by atoms with E-state index in [4.69, 9.17) is 0 Å². The first-order chi connectivity index (χ1) is 11.3. The van der Waals surface area contributed by atoms with Gasteiger partial charge in [0.2, 0.25) is 0 Å². The number of hydrogen-bond donors (Lipinski definition) is 2. The molecule has 1 amide bonds. The molecule has 2 aromatic rings. The number of hydrazine groups is 1. The van der Waals surface area contributed by atoms with Crippen LogP contribution in [0.4, 0.5) is 4.39 Å². The van der Waals surface area contributed by atoms with Crippen molar-refractivity contribution < 1.29 is 17.6 Å². The van der Waals surface area contributed by atoms with E-state index in [1.165, 1.54) is 21.8 Å². The van der Waals surface area contributed by atoms with Crippen LogP contribution in [0.3, 0.4) is 0 Å². The topological polar surface area (TPSA) is 75.3 Å². The van der Waals surface area contributed by atoms with Crippen LogP contribution in [0, 0.1) is 11.7 Å². The average molecular weight is 368 g/mol. The van der Waals surface area contributed by atoms with Crippen LogP contribution >= 0.6 is 11.3 Å². The molecule has 0 saturated heterocycles. The number of carbonyl (C=O) groups excluding carboxylic acids is 1. The van der Waals surface area contributed by atoms with E-state index in [-0.39, 0.29) is 4.90 Å². The predicted octanol–water partition coefficient (Wildman–Crippen LogP) is 2.64. The summed E-state index contributed by atoms with van der Waals surface area (Å²) in [5, 5.41) is 0. The van der Waals surface area contributed by atoms with Crippen molar-refractivity contribution in [1.82, 2.24) is 10.3 Å². The highest BCUT2D eigenvalue weighted by molar-refractivity contribution is 7.89. The van der Waals surface area contributed by atoms with Gasteiger partial charge in [-0.1, -0.05) is 6.92 Å². The van der Waals surface area contributed by atoms with Crippen molar-refractivity contribution in [1.29, 1.82) is 0 Å². The van der Waals surface area contributed by atoms with Gasteiger partial charge in [-0.2, -0.15) is 0 Å². The summed E-state index contributed by atoms with van der Waals surface area (Å²) in [7, 11) is -3.93. The number of thiophene rings is 1. The largest absolute Gasteiger partial charge is 0.276 e. The van der Waals surface area contributed by atoms with Crippen molar-refractivity contribution in [3.63, 3.8) is 0 Å². The highest BCUT2D eigenvalue weighted by atomic mass is 32.2. The molecule has 0 spiro atoms. The first kappa shape index (κ1) is 17.1. The third-order valence-corrected chi connectivity index (χ3v) is 6.48. The molecule has 0 saturated carbocycles. The molecule has 2 N–H and O–H groups in total. The molecular weight excluding hydrogens is 351 g/mol. The standard InChI is InChI=1S/C16H17FN2O3S2/c1-10-2-7-14-11(8-10)9-15(23-14)16(20)18-19-24(21,22)13-5-3-12(17)4-6-13/h3-6,9-10,19H,2,7-8H2,1H3,(H,18,20)/t10-/m1/s1. The van der Waals surface area contributed by atoms with Crippen molar-refractivity contribution in [3.8, 4) is 0 Å². The van der Waals surface area contributed by atoms with Crippen LogP contribution in [0.1, 0.15) is 33.5 Å². The minimum absolute atomic E-state index is 0.122. The lowest BCUT2D eigenvalue weighted by Gasteiger charge is -2.16. The predicted molar refractivity (Wildman–Crippen MR) is 89.7 cm³/mol. The van der Waals surface area contributed by atoms with Crippen LogP contribution in [0.2, 0.25) is 0 Å². The number of benzene rings is 1. The number of aryl methyl sites for hydroxylation is 1. The lowest BCUT2D eigenvalue weighted by molar-refractivity contribution is 0.0949. The second-order valence-electron chi connectivity index (χ2n) is 5.92. The van der Waals surface area contributed by atoms with Crippen molar-refractivity contribution in [2.45, 2.75) is 31.1 Å². The minimum Gasteiger partial charge on any atom is -0.273 e. The Balaban J connectivity index is 1.68. The van der Waals surface area contributed by atoms with Gasteiger partial charge in [0.05, 0.1) is 9.77 Å². The molecule has 1 aromatic carbocycles. The summed E-state index contributed by atoms with van der Waals surface area (Å²) >= 11 is 1.40. The Labute approximate surface area is 143 Å². The highest BCUT2D eigenvalue weighted by Gasteiger charge is 2.22. The molecule has 1 aliphatic rings. The fraction of sp³-hybridized carbons (Fsp3) is 0.312. The number of fused-ring (bicyclic) bond motifs is 1. The molecule has 1 heterocycles. The van der Waals surface area contributed by atoms with Gasteiger partial charge in [-0.25, -0.2) is 12.8 Å². The van der Waals surface area contributed by atoms with Gasteiger partial charge in [0.25, 0.3) is 15.9 Å². The Kier molecular flexibility index (Phi) is 4.71. The van der Waals surface area contributed by atoms with E-state index in [2.05, 4.69) is 12.3 Å². The first-order valence-corrected chi connectivity index (χ1v) is 9.84. The third-order valence-electron chi connectivity index (χ3n) is 3.98. The molecule has 1 aromatic heterocycles. The number of nitrogens with one attached hydrogen (secondary N) is 2. The number of hydrogen-bond acceptors (Lipinski definition) is 4. The maximum absolute atomic E-state index is 12.9. The molecule has 3 rings (SSSR count). The fourth-order valence-corrected chi connectivity index (χ4v) is 4.61. The Morgan fingerprint density at radius 3 is 2.71 bits per heavy atom. The maximum Gasteiger partial charge on any atom is 0.276 e. The van der Waals surface area contributed by atoms with E-state index in [1.807, 2.05) is 10.9 Å². The summed E-state index contributed by atoms with van der Waals surface area (Å²) in [4.78, 5) is 15.8. The van der Waals surface area contributed by atoms with Crippen molar-refractivity contribution in [2.75, 3.05) is 0 Å². The van der Waals surface area contributed by atoms with E-state index in [1.54, 1.807) is 0 Å². The molecule has 1 atom stereocenters. The molecular formula is C16H17FN2O3S2. The van der Waals surface area contributed by atoms with Gasteiger partial charge < -0.3 is 0 Å². The average Bonchev–Trinajstić information content (AvgIpc) is 2.96. The van der Waals surface area contributed by atoms with E-state index < -0.39 is 21.7 Å². The van der Waals surface area contributed by atoms with E-state index in [9.17, 15) is 17.6 Å². The van der Waals surface area contributed by atoms with Crippen molar-refractivity contribution >= 4 is 27.3 Å². The van der Waals surface area contributed by atoms with Gasteiger partial charge >= 0.3 is 0 Å². The first-order valence-electron chi connectivity index (χ1n) is 7.54. The van der Waals surface area contributed by atoms with Crippen LogP contribution in [-0.2, 0) is 22.9 Å². The quantitative estimate of drug-likeness (QED) is 0.815. The lowest BCUT2D eigenvalue weighted by atomic mass is 9.90. The third kappa shape index (κ3) is 3.66. The van der Waals surface area contributed by atoms with Gasteiger partial charge in [0, 0.05) is 4.88 Å².